The molecule has 0 atom stereocenters. The van der Waals surface area contributed by atoms with E-state index < -0.39 is 0 Å². The molecule has 0 fully saturated rings. The Labute approximate surface area is 103 Å². The van der Waals surface area contributed by atoms with Crippen molar-refractivity contribution in [2.75, 3.05) is 7.11 Å². The third kappa shape index (κ3) is 3.10. The number of hydrogen-bond donors (Lipinski definition) is 0. The first-order chi connectivity index (χ1) is 8.29. The lowest BCUT2D eigenvalue weighted by atomic mass is 10.0. The fraction of sp³-hybridized carbons (Fsp3) is 0.188. The number of rotatable bonds is 4. The SMILES string of the molecule is COc1ccc([CH]Cc2ccccc2C)cc1. The van der Waals surface area contributed by atoms with Crippen LogP contribution in [0.5, 0.6) is 5.75 Å². The monoisotopic (exact) mass is 225 g/mol. The van der Waals surface area contributed by atoms with Gasteiger partial charge in [-0.15, -0.1) is 0 Å². The average molecular weight is 225 g/mol. The minimum atomic E-state index is 0.901. The summed E-state index contributed by atoms with van der Waals surface area (Å²) < 4.78 is 5.14. The smallest absolute Gasteiger partial charge is 0.118 e. The molecular weight excluding hydrogens is 208 g/mol. The maximum atomic E-state index is 5.14. The first kappa shape index (κ1) is 11.7. The summed E-state index contributed by atoms with van der Waals surface area (Å²) in [6.45, 7) is 2.15. The molecule has 0 saturated heterocycles. The zero-order valence-electron chi connectivity index (χ0n) is 10.3. The molecule has 0 aliphatic carbocycles. The molecule has 0 aliphatic rings. The predicted molar refractivity (Wildman–Crippen MR) is 71.3 cm³/mol. The van der Waals surface area contributed by atoms with E-state index in [0.29, 0.717) is 0 Å². The second kappa shape index (κ2) is 5.53. The van der Waals surface area contributed by atoms with Gasteiger partial charge in [0.15, 0.2) is 0 Å². The lowest BCUT2D eigenvalue weighted by Crippen LogP contribution is -1.91. The Morgan fingerprint density at radius 3 is 2.35 bits per heavy atom. The van der Waals surface area contributed by atoms with Crippen LogP contribution in [0, 0.1) is 13.3 Å². The molecule has 0 heterocycles. The van der Waals surface area contributed by atoms with Gasteiger partial charge in [0.1, 0.15) is 5.75 Å². The Kier molecular flexibility index (Phi) is 3.81. The van der Waals surface area contributed by atoms with E-state index in [9.17, 15) is 0 Å². The molecule has 0 spiro atoms. The van der Waals surface area contributed by atoms with Gasteiger partial charge in [-0.25, -0.2) is 0 Å². The van der Waals surface area contributed by atoms with E-state index in [1.807, 2.05) is 12.1 Å². The largest absolute Gasteiger partial charge is 0.497 e. The van der Waals surface area contributed by atoms with Crippen molar-refractivity contribution in [2.24, 2.45) is 0 Å². The molecule has 2 aromatic rings. The maximum Gasteiger partial charge on any atom is 0.118 e. The molecule has 0 N–H and O–H groups in total. The second-order valence-electron chi connectivity index (χ2n) is 4.11. The van der Waals surface area contributed by atoms with Crippen LogP contribution in [0.2, 0.25) is 0 Å². The van der Waals surface area contributed by atoms with Gasteiger partial charge in [-0.2, -0.15) is 0 Å². The van der Waals surface area contributed by atoms with Gasteiger partial charge in [0.2, 0.25) is 0 Å². The molecule has 0 unspecified atom stereocenters. The Hall–Kier alpha value is -1.76. The zero-order chi connectivity index (χ0) is 12.1. The highest BCUT2D eigenvalue weighted by Crippen LogP contribution is 2.16. The van der Waals surface area contributed by atoms with Gasteiger partial charge < -0.3 is 4.74 Å². The predicted octanol–water partition coefficient (Wildman–Crippen LogP) is 3.80. The van der Waals surface area contributed by atoms with Crippen LogP contribution in [0.3, 0.4) is 0 Å². The number of methoxy groups -OCH3 is 1. The van der Waals surface area contributed by atoms with E-state index in [0.717, 1.165) is 12.2 Å². The molecule has 2 aromatic carbocycles. The van der Waals surface area contributed by atoms with E-state index in [2.05, 4.69) is 49.7 Å². The number of hydrogen-bond acceptors (Lipinski definition) is 1. The minimum Gasteiger partial charge on any atom is -0.497 e. The normalized spacial score (nSPS) is 10.2. The van der Waals surface area contributed by atoms with E-state index in [-0.39, 0.29) is 0 Å². The van der Waals surface area contributed by atoms with Crippen molar-refractivity contribution in [3.8, 4) is 5.75 Å². The van der Waals surface area contributed by atoms with Gasteiger partial charge in [0.05, 0.1) is 7.11 Å². The Bertz CT molecular complexity index is 471. The van der Waals surface area contributed by atoms with Crippen molar-refractivity contribution in [3.05, 3.63) is 71.6 Å². The third-order valence-electron chi connectivity index (χ3n) is 2.93. The molecule has 2 rings (SSSR count). The molecule has 17 heavy (non-hydrogen) atoms. The fourth-order valence-electron chi connectivity index (χ4n) is 1.81. The first-order valence-electron chi connectivity index (χ1n) is 5.81. The summed E-state index contributed by atoms with van der Waals surface area (Å²) in [6.07, 6.45) is 3.21. The molecular formula is C16H17O. The second-order valence-corrected chi connectivity index (χ2v) is 4.11. The van der Waals surface area contributed by atoms with E-state index in [1.54, 1.807) is 7.11 Å². The fourth-order valence-corrected chi connectivity index (χ4v) is 1.81. The van der Waals surface area contributed by atoms with Gasteiger partial charge >= 0.3 is 0 Å². The van der Waals surface area contributed by atoms with Gasteiger partial charge in [-0.3, -0.25) is 0 Å². The van der Waals surface area contributed by atoms with Crippen LogP contribution in [-0.2, 0) is 6.42 Å². The average Bonchev–Trinajstić information content (AvgIpc) is 2.38. The van der Waals surface area contributed by atoms with Crippen LogP contribution in [0.4, 0.5) is 0 Å². The highest BCUT2D eigenvalue weighted by Gasteiger charge is 1.99. The summed E-state index contributed by atoms with van der Waals surface area (Å²) in [7, 11) is 1.69. The van der Waals surface area contributed by atoms with Gasteiger partial charge in [-0.1, -0.05) is 36.4 Å². The number of aryl methyl sites for hydroxylation is 1. The van der Waals surface area contributed by atoms with Crippen LogP contribution < -0.4 is 4.74 Å². The molecule has 0 saturated carbocycles. The van der Waals surface area contributed by atoms with Crippen molar-refractivity contribution >= 4 is 0 Å². The Balaban J connectivity index is 2.00. The first-order valence-corrected chi connectivity index (χ1v) is 5.81. The van der Waals surface area contributed by atoms with Gasteiger partial charge in [0, 0.05) is 0 Å². The van der Waals surface area contributed by atoms with Gasteiger partial charge in [0.25, 0.3) is 0 Å². The van der Waals surface area contributed by atoms with E-state index >= 15 is 0 Å². The van der Waals surface area contributed by atoms with Crippen molar-refractivity contribution in [3.63, 3.8) is 0 Å². The van der Waals surface area contributed by atoms with Crippen LogP contribution >= 0.6 is 0 Å². The molecule has 1 heteroatoms. The Morgan fingerprint density at radius 2 is 1.71 bits per heavy atom. The van der Waals surface area contributed by atoms with Crippen molar-refractivity contribution in [2.45, 2.75) is 13.3 Å². The lowest BCUT2D eigenvalue weighted by Gasteiger charge is -2.06. The summed E-state index contributed by atoms with van der Waals surface area (Å²) in [4.78, 5) is 0. The number of ether oxygens (including phenoxy) is 1. The molecule has 1 nitrogen and oxygen atoms in total. The zero-order valence-corrected chi connectivity index (χ0v) is 10.3. The highest BCUT2D eigenvalue weighted by molar-refractivity contribution is 5.34. The van der Waals surface area contributed by atoms with E-state index in [1.165, 1.54) is 16.7 Å². The van der Waals surface area contributed by atoms with Crippen LogP contribution in [-0.4, -0.2) is 7.11 Å². The summed E-state index contributed by atoms with van der Waals surface area (Å²) in [5.41, 5.74) is 3.95. The van der Waals surface area contributed by atoms with E-state index in [4.69, 9.17) is 4.74 Å². The van der Waals surface area contributed by atoms with Crippen LogP contribution in [0.25, 0.3) is 0 Å². The molecule has 0 aromatic heterocycles. The summed E-state index contributed by atoms with van der Waals surface area (Å²) in [6, 6.07) is 16.6. The summed E-state index contributed by atoms with van der Waals surface area (Å²) in [5.74, 6) is 0.901. The minimum absolute atomic E-state index is 0.901. The maximum absolute atomic E-state index is 5.14. The molecule has 1 radical (unpaired) electrons. The van der Waals surface area contributed by atoms with Crippen LogP contribution in [0.1, 0.15) is 16.7 Å². The van der Waals surface area contributed by atoms with Crippen LogP contribution in [0.15, 0.2) is 48.5 Å². The molecule has 0 amide bonds. The Morgan fingerprint density at radius 1 is 1.00 bits per heavy atom. The lowest BCUT2D eigenvalue weighted by molar-refractivity contribution is 0.414. The number of benzene rings is 2. The van der Waals surface area contributed by atoms with Crippen molar-refractivity contribution in [1.82, 2.24) is 0 Å². The quantitative estimate of drug-likeness (QED) is 0.769. The highest BCUT2D eigenvalue weighted by atomic mass is 16.5. The third-order valence-corrected chi connectivity index (χ3v) is 2.93. The standard InChI is InChI=1S/C16H17O/c1-13-5-3-4-6-15(13)10-7-14-8-11-16(17-2)12-9-14/h3-9,11-12H,10H2,1-2H3. The summed E-state index contributed by atoms with van der Waals surface area (Å²) >= 11 is 0. The molecule has 87 valence electrons. The van der Waals surface area contributed by atoms with Crippen molar-refractivity contribution < 1.29 is 4.74 Å². The summed E-state index contributed by atoms with van der Waals surface area (Å²) in [5, 5.41) is 0. The topological polar surface area (TPSA) is 9.23 Å². The van der Waals surface area contributed by atoms with Gasteiger partial charge in [-0.05, 0) is 48.6 Å². The molecule has 0 bridgehead atoms. The van der Waals surface area contributed by atoms with Crippen molar-refractivity contribution in [1.29, 1.82) is 0 Å². The molecule has 0 aliphatic heterocycles.